The van der Waals surface area contributed by atoms with E-state index in [1.54, 1.807) is 6.92 Å². The monoisotopic (exact) mass is 230 g/mol. The molecule has 0 aliphatic heterocycles. The van der Waals surface area contributed by atoms with Gasteiger partial charge in [-0.3, -0.25) is 14.4 Å². The van der Waals surface area contributed by atoms with E-state index in [1.165, 1.54) is 0 Å². The Bertz CT molecular complexity index is 247. The van der Waals surface area contributed by atoms with Gasteiger partial charge in [0.05, 0.1) is 13.0 Å². The Hall–Kier alpha value is -1.39. The van der Waals surface area contributed by atoms with Crippen molar-refractivity contribution in [2.45, 2.75) is 45.4 Å². The summed E-state index contributed by atoms with van der Waals surface area (Å²) in [5, 5.41) is 8.37. The lowest BCUT2D eigenvalue weighted by atomic mass is 10.1. The average molecular weight is 230 g/mol. The predicted molar refractivity (Wildman–Crippen MR) is 57.0 cm³/mol. The predicted octanol–water partition coefficient (Wildman–Crippen LogP) is 1.54. The Kier molecular flexibility index (Phi) is 8.11. The van der Waals surface area contributed by atoms with Crippen LogP contribution >= 0.6 is 0 Å². The molecule has 0 saturated carbocycles. The van der Waals surface area contributed by atoms with Gasteiger partial charge in [0.25, 0.3) is 0 Å². The van der Waals surface area contributed by atoms with E-state index in [1.807, 2.05) is 0 Å². The van der Waals surface area contributed by atoms with Crippen LogP contribution in [0.15, 0.2) is 0 Å². The molecule has 0 fully saturated rings. The molecule has 0 spiro atoms. The van der Waals surface area contributed by atoms with E-state index in [9.17, 15) is 14.4 Å². The molecule has 0 saturated heterocycles. The quantitative estimate of drug-likeness (QED) is 0.480. The molecule has 5 nitrogen and oxygen atoms in total. The van der Waals surface area contributed by atoms with Crippen molar-refractivity contribution in [3.8, 4) is 0 Å². The number of aliphatic carboxylic acids is 1. The van der Waals surface area contributed by atoms with E-state index in [2.05, 4.69) is 4.74 Å². The van der Waals surface area contributed by atoms with Crippen molar-refractivity contribution in [3.63, 3.8) is 0 Å². The first-order valence-corrected chi connectivity index (χ1v) is 5.45. The number of ketones is 1. The molecule has 0 rings (SSSR count). The second-order valence-electron chi connectivity index (χ2n) is 3.44. The summed E-state index contributed by atoms with van der Waals surface area (Å²) in [6.07, 6.45) is 1.80. The molecular weight excluding hydrogens is 212 g/mol. The zero-order valence-electron chi connectivity index (χ0n) is 9.53. The highest BCUT2D eigenvalue weighted by Crippen LogP contribution is 2.04. The van der Waals surface area contributed by atoms with Crippen LogP contribution in [0.3, 0.4) is 0 Å². The molecule has 0 aliphatic rings. The Morgan fingerprint density at radius 3 is 2.19 bits per heavy atom. The van der Waals surface area contributed by atoms with Crippen LogP contribution in [-0.2, 0) is 19.1 Å². The zero-order valence-corrected chi connectivity index (χ0v) is 9.53. The minimum atomic E-state index is -0.848. The number of esters is 1. The molecule has 0 amide bonds. The smallest absolute Gasteiger partial charge is 0.306 e. The summed E-state index contributed by atoms with van der Waals surface area (Å²) in [6, 6.07) is 0. The molecule has 0 aromatic rings. The standard InChI is InChI=1S/C11H18O5/c1-2-16-11(15)8-7-9(12)5-3-4-6-10(13)14/h2-8H2,1H3,(H,13,14). The van der Waals surface area contributed by atoms with E-state index in [0.29, 0.717) is 25.9 Å². The van der Waals surface area contributed by atoms with Crippen LogP contribution in [0.2, 0.25) is 0 Å². The minimum Gasteiger partial charge on any atom is -0.481 e. The molecule has 0 aromatic heterocycles. The third-order valence-corrected chi connectivity index (χ3v) is 2.01. The highest BCUT2D eigenvalue weighted by atomic mass is 16.5. The highest BCUT2D eigenvalue weighted by Gasteiger charge is 2.07. The molecule has 0 heterocycles. The van der Waals surface area contributed by atoms with Crippen molar-refractivity contribution >= 4 is 17.7 Å². The molecule has 0 bridgehead atoms. The summed E-state index contributed by atoms with van der Waals surface area (Å²) in [5.74, 6) is -1.22. The Morgan fingerprint density at radius 1 is 1.00 bits per heavy atom. The normalized spacial score (nSPS) is 9.81. The number of Topliss-reactive ketones (excluding diaryl/α,β-unsaturated/α-hetero) is 1. The SMILES string of the molecule is CCOC(=O)CCC(=O)CCCCC(=O)O. The molecule has 5 heteroatoms. The lowest BCUT2D eigenvalue weighted by Crippen LogP contribution is -2.07. The van der Waals surface area contributed by atoms with E-state index >= 15 is 0 Å². The van der Waals surface area contributed by atoms with Crippen LogP contribution in [0.5, 0.6) is 0 Å². The lowest BCUT2D eigenvalue weighted by Gasteiger charge is -2.01. The van der Waals surface area contributed by atoms with Crippen molar-refractivity contribution in [2.24, 2.45) is 0 Å². The van der Waals surface area contributed by atoms with E-state index in [-0.39, 0.29) is 31.0 Å². The zero-order chi connectivity index (χ0) is 12.4. The first kappa shape index (κ1) is 14.6. The third kappa shape index (κ3) is 9.18. The number of carboxylic acids is 1. The van der Waals surface area contributed by atoms with Crippen molar-refractivity contribution in [1.82, 2.24) is 0 Å². The van der Waals surface area contributed by atoms with Gasteiger partial charge in [0.2, 0.25) is 0 Å². The van der Waals surface area contributed by atoms with Gasteiger partial charge < -0.3 is 9.84 Å². The van der Waals surface area contributed by atoms with Crippen LogP contribution in [0.4, 0.5) is 0 Å². The summed E-state index contributed by atoms with van der Waals surface area (Å²) in [7, 11) is 0. The van der Waals surface area contributed by atoms with Gasteiger partial charge in [0.1, 0.15) is 5.78 Å². The molecule has 0 radical (unpaired) electrons. The van der Waals surface area contributed by atoms with Gasteiger partial charge in [0, 0.05) is 19.3 Å². The second-order valence-corrected chi connectivity index (χ2v) is 3.44. The molecule has 0 unspecified atom stereocenters. The second kappa shape index (κ2) is 8.88. The molecule has 0 atom stereocenters. The van der Waals surface area contributed by atoms with Crippen molar-refractivity contribution in [3.05, 3.63) is 0 Å². The van der Waals surface area contributed by atoms with Crippen LogP contribution in [0, 0.1) is 0 Å². The van der Waals surface area contributed by atoms with E-state index < -0.39 is 5.97 Å². The molecule has 0 aromatic carbocycles. The molecule has 92 valence electrons. The maximum absolute atomic E-state index is 11.2. The van der Waals surface area contributed by atoms with Gasteiger partial charge in [-0.25, -0.2) is 0 Å². The van der Waals surface area contributed by atoms with Crippen LogP contribution < -0.4 is 0 Å². The third-order valence-electron chi connectivity index (χ3n) is 2.01. The topological polar surface area (TPSA) is 80.7 Å². The lowest BCUT2D eigenvalue weighted by molar-refractivity contribution is -0.144. The maximum atomic E-state index is 11.2. The van der Waals surface area contributed by atoms with Gasteiger partial charge in [-0.15, -0.1) is 0 Å². The average Bonchev–Trinajstić information content (AvgIpc) is 2.22. The van der Waals surface area contributed by atoms with Gasteiger partial charge in [0.15, 0.2) is 0 Å². The molecule has 16 heavy (non-hydrogen) atoms. The maximum Gasteiger partial charge on any atom is 0.306 e. The van der Waals surface area contributed by atoms with E-state index in [4.69, 9.17) is 5.11 Å². The fourth-order valence-electron chi connectivity index (χ4n) is 1.20. The Labute approximate surface area is 94.8 Å². The minimum absolute atomic E-state index is 0.0153. The Balaban J connectivity index is 3.44. The van der Waals surface area contributed by atoms with Gasteiger partial charge in [-0.05, 0) is 19.8 Å². The van der Waals surface area contributed by atoms with E-state index in [0.717, 1.165) is 0 Å². The first-order valence-electron chi connectivity index (χ1n) is 5.45. The summed E-state index contributed by atoms with van der Waals surface area (Å²) in [6.45, 7) is 2.04. The molecule has 1 N–H and O–H groups in total. The number of carboxylic acid groups (broad SMARTS) is 1. The van der Waals surface area contributed by atoms with Gasteiger partial charge in [-0.2, -0.15) is 0 Å². The number of carbonyl (C=O) groups excluding carboxylic acids is 2. The molecular formula is C11H18O5. The van der Waals surface area contributed by atoms with Crippen molar-refractivity contribution < 1.29 is 24.2 Å². The number of unbranched alkanes of at least 4 members (excludes halogenated alkanes) is 1. The largest absolute Gasteiger partial charge is 0.481 e. The fraction of sp³-hybridized carbons (Fsp3) is 0.727. The number of carbonyl (C=O) groups is 3. The fourth-order valence-corrected chi connectivity index (χ4v) is 1.20. The summed E-state index contributed by atoms with van der Waals surface area (Å²) >= 11 is 0. The number of rotatable bonds is 9. The Morgan fingerprint density at radius 2 is 1.62 bits per heavy atom. The van der Waals surface area contributed by atoms with Gasteiger partial charge >= 0.3 is 11.9 Å². The molecule has 0 aliphatic carbocycles. The van der Waals surface area contributed by atoms with Crippen molar-refractivity contribution in [2.75, 3.05) is 6.61 Å². The summed E-state index contributed by atoms with van der Waals surface area (Å²) in [4.78, 5) is 32.3. The number of hydrogen-bond donors (Lipinski definition) is 1. The first-order chi connectivity index (χ1) is 7.56. The highest BCUT2D eigenvalue weighted by molar-refractivity contribution is 5.82. The van der Waals surface area contributed by atoms with Crippen LogP contribution in [-0.4, -0.2) is 29.4 Å². The summed E-state index contributed by atoms with van der Waals surface area (Å²) < 4.78 is 4.68. The summed E-state index contributed by atoms with van der Waals surface area (Å²) in [5.41, 5.74) is 0. The van der Waals surface area contributed by atoms with Crippen LogP contribution in [0.25, 0.3) is 0 Å². The van der Waals surface area contributed by atoms with Crippen LogP contribution in [0.1, 0.15) is 45.4 Å². The number of hydrogen-bond acceptors (Lipinski definition) is 4. The van der Waals surface area contributed by atoms with Gasteiger partial charge in [-0.1, -0.05) is 0 Å². The number of ether oxygens (including phenoxy) is 1. The van der Waals surface area contributed by atoms with Crippen molar-refractivity contribution in [1.29, 1.82) is 0 Å².